The summed E-state index contributed by atoms with van der Waals surface area (Å²) in [4.78, 5) is 23.6. The van der Waals surface area contributed by atoms with Crippen LogP contribution in [0, 0.1) is 33.5 Å². The maximum Gasteiger partial charge on any atom is 0.250 e. The van der Waals surface area contributed by atoms with E-state index >= 15 is 0 Å². The number of hydrogen-bond acceptors (Lipinski definition) is 7. The number of nitrogens with two attached hydrogens (primary N) is 1. The van der Waals surface area contributed by atoms with Gasteiger partial charge in [-0.2, -0.15) is 5.26 Å². The molecule has 9 heteroatoms. The van der Waals surface area contributed by atoms with Gasteiger partial charge in [-0.25, -0.2) is 4.98 Å². The molecule has 4 heterocycles. The minimum absolute atomic E-state index is 0.00876. The molecule has 3 aliphatic heterocycles. The molecule has 1 amide bonds. The van der Waals surface area contributed by atoms with E-state index < -0.39 is 5.91 Å². The van der Waals surface area contributed by atoms with Crippen molar-refractivity contribution in [1.29, 1.82) is 5.26 Å². The van der Waals surface area contributed by atoms with Gasteiger partial charge in [-0.05, 0) is 74.4 Å². The van der Waals surface area contributed by atoms with Crippen molar-refractivity contribution in [3.8, 4) is 11.8 Å². The highest BCUT2D eigenvalue weighted by Gasteiger charge is 2.65. The molecule has 43 heavy (non-hydrogen) atoms. The Morgan fingerprint density at radius 1 is 1.07 bits per heavy atom. The SMILES string of the molecule is CC1(C)C(Oc2ccc(C#N)c(Cl)c2)C(C)(C)C1N1CCC(CN2CC3(CCN(c4ccc(C(N)=O)cn4)CC3)C2)CC1. The molecule has 0 bridgehead atoms. The third kappa shape index (κ3) is 5.61. The summed E-state index contributed by atoms with van der Waals surface area (Å²) < 4.78 is 6.53. The number of nitriles is 1. The van der Waals surface area contributed by atoms with Gasteiger partial charge in [0, 0.05) is 61.9 Å². The summed E-state index contributed by atoms with van der Waals surface area (Å²) >= 11 is 6.28. The molecule has 3 saturated heterocycles. The van der Waals surface area contributed by atoms with E-state index in [9.17, 15) is 10.1 Å². The second kappa shape index (κ2) is 11.3. The standard InChI is InChI=1S/C34H45ClN6O2/c1-32(2)30(33(3,4)31(32)43-26-7-5-24(18-36)27(35)17-26)41-13-9-23(10-14-41)20-39-21-34(22-39)11-15-40(16-12-34)28-8-6-25(19-38-28)29(37)42/h5-8,17,19,23,30-31H,9-16,20-22H2,1-4H3,(H2,37,42). The average Bonchev–Trinajstić information content (AvgIpc) is 2.96. The Bertz CT molecular complexity index is 1360. The highest BCUT2D eigenvalue weighted by molar-refractivity contribution is 6.31. The number of pyridine rings is 1. The molecule has 1 aliphatic carbocycles. The van der Waals surface area contributed by atoms with Crippen LogP contribution in [0.5, 0.6) is 5.75 Å². The van der Waals surface area contributed by atoms with Crippen molar-refractivity contribution in [2.45, 2.75) is 65.5 Å². The molecule has 6 rings (SSSR count). The molecule has 2 N–H and O–H groups in total. The quantitative estimate of drug-likeness (QED) is 0.464. The number of anilines is 1. The fourth-order valence-electron chi connectivity index (χ4n) is 9.18. The minimum Gasteiger partial charge on any atom is -0.489 e. The van der Waals surface area contributed by atoms with Gasteiger partial charge in [0.25, 0.3) is 0 Å². The van der Waals surface area contributed by atoms with Gasteiger partial charge in [0.1, 0.15) is 23.7 Å². The zero-order chi connectivity index (χ0) is 30.6. The van der Waals surface area contributed by atoms with Crippen LogP contribution in [0.4, 0.5) is 5.82 Å². The third-order valence-electron chi connectivity index (χ3n) is 10.9. The molecule has 0 radical (unpaired) electrons. The summed E-state index contributed by atoms with van der Waals surface area (Å²) in [5.74, 6) is 2.01. The van der Waals surface area contributed by atoms with E-state index in [1.165, 1.54) is 45.3 Å². The molecule has 230 valence electrons. The fourth-order valence-corrected chi connectivity index (χ4v) is 9.40. The Morgan fingerprint density at radius 2 is 1.74 bits per heavy atom. The normalized spacial score (nSPS) is 26.7. The van der Waals surface area contributed by atoms with Gasteiger partial charge in [0.05, 0.1) is 16.1 Å². The second-order valence-corrected chi connectivity index (χ2v) is 15.1. The zero-order valence-electron chi connectivity index (χ0n) is 26.0. The molecule has 0 atom stereocenters. The van der Waals surface area contributed by atoms with Gasteiger partial charge in [0.15, 0.2) is 0 Å². The van der Waals surface area contributed by atoms with Crippen molar-refractivity contribution < 1.29 is 9.53 Å². The van der Waals surface area contributed by atoms with Gasteiger partial charge in [-0.3, -0.25) is 9.69 Å². The monoisotopic (exact) mass is 604 g/mol. The number of benzene rings is 1. The van der Waals surface area contributed by atoms with E-state index in [4.69, 9.17) is 22.1 Å². The number of amides is 1. The Kier molecular flexibility index (Phi) is 7.90. The third-order valence-corrected chi connectivity index (χ3v) is 11.2. The number of piperidine rings is 2. The lowest BCUT2D eigenvalue weighted by atomic mass is 9.48. The van der Waals surface area contributed by atoms with Crippen LogP contribution in [-0.4, -0.2) is 78.7 Å². The van der Waals surface area contributed by atoms with E-state index in [1.54, 1.807) is 24.4 Å². The number of primary amides is 1. The minimum atomic E-state index is -0.432. The maximum absolute atomic E-state index is 11.3. The number of ether oxygens (including phenoxy) is 1. The van der Waals surface area contributed by atoms with Gasteiger partial charge in [0.2, 0.25) is 5.91 Å². The van der Waals surface area contributed by atoms with Crippen LogP contribution in [-0.2, 0) is 0 Å². The van der Waals surface area contributed by atoms with Crippen molar-refractivity contribution in [2.24, 2.45) is 27.9 Å². The van der Waals surface area contributed by atoms with Crippen molar-refractivity contribution in [2.75, 3.05) is 50.7 Å². The van der Waals surface area contributed by atoms with Crippen LogP contribution in [0.3, 0.4) is 0 Å². The number of carbonyl (C=O) groups is 1. The molecule has 1 aromatic heterocycles. The second-order valence-electron chi connectivity index (χ2n) is 14.7. The first-order valence-corrected chi connectivity index (χ1v) is 16.1. The molecule has 1 saturated carbocycles. The molecule has 0 unspecified atom stereocenters. The van der Waals surface area contributed by atoms with Crippen LogP contribution in [0.15, 0.2) is 36.5 Å². The number of carbonyl (C=O) groups excluding carboxylic acids is 1. The summed E-state index contributed by atoms with van der Waals surface area (Å²) in [6.07, 6.45) is 6.56. The van der Waals surface area contributed by atoms with E-state index in [0.717, 1.165) is 43.7 Å². The van der Waals surface area contributed by atoms with E-state index in [-0.39, 0.29) is 16.9 Å². The molecule has 4 fully saturated rings. The lowest BCUT2D eigenvalue weighted by Crippen LogP contribution is -2.75. The van der Waals surface area contributed by atoms with E-state index in [2.05, 4.69) is 53.4 Å². The Morgan fingerprint density at radius 3 is 2.30 bits per heavy atom. The first-order valence-electron chi connectivity index (χ1n) is 15.8. The summed E-state index contributed by atoms with van der Waals surface area (Å²) in [7, 11) is 0. The van der Waals surface area contributed by atoms with Crippen LogP contribution in [0.2, 0.25) is 5.02 Å². The van der Waals surface area contributed by atoms with Crippen LogP contribution in [0.25, 0.3) is 0 Å². The summed E-state index contributed by atoms with van der Waals surface area (Å²) in [5, 5.41) is 9.65. The Balaban J connectivity index is 0.956. The number of rotatable bonds is 7. The predicted octanol–water partition coefficient (Wildman–Crippen LogP) is 5.20. The molecule has 8 nitrogen and oxygen atoms in total. The average molecular weight is 605 g/mol. The number of likely N-dealkylation sites (tertiary alicyclic amines) is 2. The molecule has 1 aromatic carbocycles. The van der Waals surface area contributed by atoms with E-state index in [1.807, 2.05) is 12.1 Å². The number of aromatic nitrogens is 1. The largest absolute Gasteiger partial charge is 0.489 e. The van der Waals surface area contributed by atoms with Crippen LogP contribution < -0.4 is 15.4 Å². The number of halogens is 1. The van der Waals surface area contributed by atoms with Crippen molar-refractivity contribution in [3.63, 3.8) is 0 Å². The highest BCUT2D eigenvalue weighted by Crippen LogP contribution is 2.58. The smallest absolute Gasteiger partial charge is 0.250 e. The Hall–Kier alpha value is -2.86. The van der Waals surface area contributed by atoms with Crippen molar-refractivity contribution >= 4 is 23.3 Å². The molecule has 2 aromatic rings. The van der Waals surface area contributed by atoms with Gasteiger partial charge in [-0.15, -0.1) is 0 Å². The summed E-state index contributed by atoms with van der Waals surface area (Å²) in [6.45, 7) is 17.3. The molecule has 1 spiro atoms. The topological polar surface area (TPSA) is 98.7 Å². The van der Waals surface area contributed by atoms with Gasteiger partial charge in [-0.1, -0.05) is 39.3 Å². The van der Waals surface area contributed by atoms with Crippen molar-refractivity contribution in [1.82, 2.24) is 14.8 Å². The van der Waals surface area contributed by atoms with Crippen LogP contribution in [0.1, 0.15) is 69.3 Å². The summed E-state index contributed by atoms with van der Waals surface area (Å²) in [6, 6.07) is 11.7. The summed E-state index contributed by atoms with van der Waals surface area (Å²) in [5.41, 5.74) is 6.77. The van der Waals surface area contributed by atoms with E-state index in [0.29, 0.717) is 27.6 Å². The first-order chi connectivity index (χ1) is 20.4. The molecular weight excluding hydrogens is 560 g/mol. The number of nitrogens with zero attached hydrogens (tertiary/aromatic N) is 5. The lowest BCUT2D eigenvalue weighted by Gasteiger charge is -2.67. The fraction of sp³-hybridized carbons (Fsp3) is 0.618. The number of hydrogen-bond donors (Lipinski definition) is 1. The Labute approximate surface area is 261 Å². The van der Waals surface area contributed by atoms with Gasteiger partial charge < -0.3 is 20.3 Å². The lowest BCUT2D eigenvalue weighted by molar-refractivity contribution is -0.213. The molecular formula is C34H45ClN6O2. The van der Waals surface area contributed by atoms with Crippen LogP contribution >= 0.6 is 11.6 Å². The highest BCUT2D eigenvalue weighted by atomic mass is 35.5. The van der Waals surface area contributed by atoms with Gasteiger partial charge >= 0.3 is 0 Å². The maximum atomic E-state index is 11.3. The molecule has 4 aliphatic rings. The predicted molar refractivity (Wildman–Crippen MR) is 169 cm³/mol. The van der Waals surface area contributed by atoms with Crippen molar-refractivity contribution in [3.05, 3.63) is 52.7 Å². The zero-order valence-corrected chi connectivity index (χ0v) is 26.7. The first kappa shape index (κ1) is 30.2.